The summed E-state index contributed by atoms with van der Waals surface area (Å²) in [5, 5.41) is 4.88. The van der Waals surface area contributed by atoms with Crippen LogP contribution in [0.2, 0.25) is 5.02 Å². The second-order valence-electron chi connectivity index (χ2n) is 4.16. The van der Waals surface area contributed by atoms with Crippen LogP contribution in [0.5, 0.6) is 0 Å². The third-order valence-corrected chi connectivity index (χ3v) is 3.90. The third kappa shape index (κ3) is 2.45. The average molecular weight is 304 g/mol. The Morgan fingerprint density at radius 2 is 2.20 bits per heavy atom. The predicted molar refractivity (Wildman–Crippen MR) is 81.9 cm³/mol. The zero-order chi connectivity index (χ0) is 14.1. The van der Waals surface area contributed by atoms with Crippen molar-refractivity contribution in [2.24, 2.45) is 0 Å². The maximum Gasteiger partial charge on any atom is 0.266 e. The largest absolute Gasteiger partial charge is 0.313 e. The van der Waals surface area contributed by atoms with Gasteiger partial charge >= 0.3 is 0 Å². The Hall–Kier alpha value is -2.11. The Labute approximate surface area is 123 Å². The molecule has 3 rings (SSSR count). The summed E-state index contributed by atoms with van der Waals surface area (Å²) in [5.74, 6) is 0. The Morgan fingerprint density at radius 3 is 2.90 bits per heavy atom. The van der Waals surface area contributed by atoms with Gasteiger partial charge in [-0.2, -0.15) is 5.10 Å². The van der Waals surface area contributed by atoms with E-state index >= 15 is 0 Å². The van der Waals surface area contributed by atoms with Crippen LogP contribution in [0.15, 0.2) is 41.5 Å². The number of hydrogen-bond donors (Lipinski definition) is 1. The number of nitrogens with one attached hydrogen (secondary N) is 1. The molecule has 0 atom stereocenters. The first-order valence-electron chi connectivity index (χ1n) is 5.83. The van der Waals surface area contributed by atoms with Crippen LogP contribution in [0, 0.1) is 0 Å². The molecule has 0 aliphatic heterocycles. The number of hydrogen-bond acceptors (Lipinski definition) is 3. The fraction of sp³-hybridized carbons (Fsp3) is 0. The number of H-pyrrole nitrogens is 1. The molecule has 2 aromatic heterocycles. The molecule has 100 valence electrons. The number of nitrogens with zero attached hydrogens (tertiary/aromatic N) is 2. The van der Waals surface area contributed by atoms with Crippen LogP contribution >= 0.6 is 22.9 Å². The Morgan fingerprint density at radius 1 is 1.40 bits per heavy atom. The summed E-state index contributed by atoms with van der Waals surface area (Å²) in [6.45, 7) is 3.71. The Kier molecular flexibility index (Phi) is 3.30. The molecule has 0 aliphatic carbocycles. The summed E-state index contributed by atoms with van der Waals surface area (Å²) in [6.07, 6.45) is 5.28. The lowest BCUT2D eigenvalue weighted by Gasteiger charge is -2.02. The zero-order valence-corrected chi connectivity index (χ0v) is 11.9. The van der Waals surface area contributed by atoms with Crippen molar-refractivity contribution in [1.29, 1.82) is 0 Å². The molecule has 0 unspecified atom stereocenters. The van der Waals surface area contributed by atoms with E-state index in [9.17, 15) is 4.79 Å². The molecule has 0 radical (unpaired) electrons. The van der Waals surface area contributed by atoms with Crippen LogP contribution in [-0.2, 0) is 0 Å². The SMILES string of the molecule is C=c1[nH]c(=O)/c(=C/c2cnn(-c3ccccc3Cl)c2)s1. The molecule has 6 heteroatoms. The van der Waals surface area contributed by atoms with Crippen molar-refractivity contribution in [1.82, 2.24) is 14.8 Å². The third-order valence-electron chi connectivity index (χ3n) is 2.71. The van der Waals surface area contributed by atoms with Crippen molar-refractivity contribution in [3.05, 3.63) is 66.8 Å². The van der Waals surface area contributed by atoms with Crippen molar-refractivity contribution in [3.63, 3.8) is 0 Å². The van der Waals surface area contributed by atoms with Gasteiger partial charge in [-0.05, 0) is 18.2 Å². The predicted octanol–water partition coefficient (Wildman–Crippen LogP) is 1.51. The summed E-state index contributed by atoms with van der Waals surface area (Å²) in [4.78, 5) is 14.3. The molecule has 2 heterocycles. The topological polar surface area (TPSA) is 50.7 Å². The number of aromatic nitrogens is 3. The highest BCUT2D eigenvalue weighted by atomic mass is 35.5. The first kappa shape index (κ1) is 12.9. The minimum atomic E-state index is -0.134. The highest BCUT2D eigenvalue weighted by Gasteiger charge is 2.03. The maximum absolute atomic E-state index is 11.6. The van der Waals surface area contributed by atoms with E-state index in [1.165, 1.54) is 11.3 Å². The monoisotopic (exact) mass is 303 g/mol. The smallest absolute Gasteiger partial charge is 0.266 e. The first-order valence-corrected chi connectivity index (χ1v) is 7.02. The van der Waals surface area contributed by atoms with Crippen LogP contribution in [0.4, 0.5) is 0 Å². The minimum Gasteiger partial charge on any atom is -0.313 e. The number of para-hydroxylation sites is 1. The average Bonchev–Trinajstić information content (AvgIpc) is 2.98. The molecule has 0 fully saturated rings. The number of thiazole rings is 1. The number of aromatic amines is 1. The molecule has 0 saturated heterocycles. The van der Waals surface area contributed by atoms with Gasteiger partial charge in [0.2, 0.25) is 0 Å². The van der Waals surface area contributed by atoms with E-state index in [0.717, 1.165) is 11.3 Å². The molecule has 4 nitrogen and oxygen atoms in total. The molecule has 1 N–H and O–H groups in total. The summed E-state index contributed by atoms with van der Waals surface area (Å²) < 4.78 is 2.93. The van der Waals surface area contributed by atoms with Crippen molar-refractivity contribution in [2.75, 3.05) is 0 Å². The normalized spacial score (nSPS) is 11.9. The van der Waals surface area contributed by atoms with Gasteiger partial charge in [0.15, 0.2) is 0 Å². The molecule has 3 aromatic rings. The van der Waals surface area contributed by atoms with Gasteiger partial charge in [-0.15, -0.1) is 11.3 Å². The van der Waals surface area contributed by atoms with Crippen LogP contribution < -0.4 is 14.8 Å². The quantitative estimate of drug-likeness (QED) is 0.780. The van der Waals surface area contributed by atoms with Crippen LogP contribution in [0.3, 0.4) is 0 Å². The van der Waals surface area contributed by atoms with Gasteiger partial charge in [0.05, 0.1) is 26.1 Å². The second kappa shape index (κ2) is 5.11. The van der Waals surface area contributed by atoms with Crippen molar-refractivity contribution < 1.29 is 0 Å². The Bertz CT molecular complexity index is 922. The van der Waals surface area contributed by atoms with Crippen LogP contribution in [0.25, 0.3) is 18.3 Å². The fourth-order valence-electron chi connectivity index (χ4n) is 1.82. The van der Waals surface area contributed by atoms with Gasteiger partial charge in [-0.3, -0.25) is 4.79 Å². The van der Waals surface area contributed by atoms with E-state index in [-0.39, 0.29) is 5.56 Å². The molecule has 0 amide bonds. The summed E-state index contributed by atoms with van der Waals surface area (Å²) >= 11 is 7.44. The molecule has 1 aromatic carbocycles. The van der Waals surface area contributed by atoms with Gasteiger partial charge < -0.3 is 4.98 Å². The molecular weight excluding hydrogens is 294 g/mol. The van der Waals surface area contributed by atoms with Crippen molar-refractivity contribution in [3.8, 4) is 5.69 Å². The highest BCUT2D eigenvalue weighted by Crippen LogP contribution is 2.19. The van der Waals surface area contributed by atoms with Gasteiger partial charge in [0, 0.05) is 11.8 Å². The molecule has 0 bridgehead atoms. The minimum absolute atomic E-state index is 0.134. The fourth-order valence-corrected chi connectivity index (χ4v) is 2.79. The Balaban J connectivity index is 2.06. The lowest BCUT2D eigenvalue weighted by molar-refractivity contribution is 0.881. The van der Waals surface area contributed by atoms with E-state index in [4.69, 9.17) is 11.6 Å². The van der Waals surface area contributed by atoms with Gasteiger partial charge in [0.25, 0.3) is 5.56 Å². The van der Waals surface area contributed by atoms with Crippen LogP contribution in [0.1, 0.15) is 5.56 Å². The maximum atomic E-state index is 11.6. The van der Waals surface area contributed by atoms with Gasteiger partial charge in [-0.1, -0.05) is 30.3 Å². The van der Waals surface area contributed by atoms with Crippen molar-refractivity contribution in [2.45, 2.75) is 0 Å². The first-order chi connectivity index (χ1) is 9.63. The van der Waals surface area contributed by atoms with E-state index < -0.39 is 0 Å². The van der Waals surface area contributed by atoms with E-state index in [0.29, 0.717) is 14.2 Å². The van der Waals surface area contributed by atoms with E-state index in [2.05, 4.69) is 16.7 Å². The van der Waals surface area contributed by atoms with Crippen molar-refractivity contribution >= 4 is 35.6 Å². The molecule has 0 saturated carbocycles. The molecule has 0 spiro atoms. The zero-order valence-electron chi connectivity index (χ0n) is 10.3. The second-order valence-corrected chi connectivity index (χ2v) is 5.70. The van der Waals surface area contributed by atoms with E-state index in [1.54, 1.807) is 23.0 Å². The summed E-state index contributed by atoms with van der Waals surface area (Å²) in [5.41, 5.74) is 1.49. The summed E-state index contributed by atoms with van der Waals surface area (Å²) in [7, 11) is 0. The number of rotatable bonds is 2. The standard InChI is InChI=1S/C14H10ClN3OS/c1-9-17-14(19)13(20-9)6-10-7-16-18(8-10)12-5-3-2-4-11(12)15/h2-8H,1H2,(H,17,19)/b13-6-. The number of halogens is 1. The number of benzene rings is 1. The van der Waals surface area contributed by atoms with Gasteiger partial charge in [-0.25, -0.2) is 4.68 Å². The molecule has 0 aliphatic rings. The highest BCUT2D eigenvalue weighted by molar-refractivity contribution is 7.07. The molecular formula is C14H10ClN3OS. The lowest BCUT2D eigenvalue weighted by Crippen LogP contribution is -2.19. The lowest BCUT2D eigenvalue weighted by atomic mass is 10.3. The molecule has 20 heavy (non-hydrogen) atoms. The van der Waals surface area contributed by atoms with Gasteiger partial charge in [0.1, 0.15) is 0 Å². The summed E-state index contributed by atoms with van der Waals surface area (Å²) in [6, 6.07) is 7.45. The van der Waals surface area contributed by atoms with Crippen LogP contribution in [-0.4, -0.2) is 14.8 Å². The van der Waals surface area contributed by atoms with E-state index in [1.807, 2.05) is 24.4 Å².